The Labute approximate surface area is 211 Å². The van der Waals surface area contributed by atoms with Gasteiger partial charge in [-0.1, -0.05) is 72.5 Å². The van der Waals surface area contributed by atoms with Crippen molar-refractivity contribution in [3.8, 4) is 5.69 Å². The van der Waals surface area contributed by atoms with Crippen LogP contribution in [-0.2, 0) is 0 Å². The topological polar surface area (TPSA) is 8.17 Å². The van der Waals surface area contributed by atoms with E-state index in [1.807, 2.05) is 0 Å². The molecule has 3 aliphatic rings. The second-order valence-electron chi connectivity index (χ2n) is 9.50. The molecule has 0 fully saturated rings. The van der Waals surface area contributed by atoms with E-state index in [0.717, 1.165) is 34.6 Å². The average molecular weight is 461 g/mol. The molecule has 170 valence electrons. The summed E-state index contributed by atoms with van der Waals surface area (Å²) in [4.78, 5) is 2.28. The Morgan fingerprint density at radius 2 is 1.78 bits per heavy atom. The van der Waals surface area contributed by atoms with Crippen molar-refractivity contribution in [1.82, 2.24) is 4.57 Å². The SMILES string of the molecule is C=C1/C=C\C=C/N(C2=C=C(c3cccc(C)c3)C2)c2cc3c(cc21)c1c(n3-c2ccccc2)C=C=C1. The minimum absolute atomic E-state index is 0.878. The summed E-state index contributed by atoms with van der Waals surface area (Å²) in [5, 5.41) is 1.21. The summed E-state index contributed by atoms with van der Waals surface area (Å²) in [7, 11) is 0. The van der Waals surface area contributed by atoms with Gasteiger partial charge < -0.3 is 9.47 Å². The van der Waals surface area contributed by atoms with Crippen molar-refractivity contribution in [3.05, 3.63) is 143 Å². The Balaban J connectivity index is 1.46. The first-order valence-corrected chi connectivity index (χ1v) is 12.3. The molecule has 2 heteroatoms. The van der Waals surface area contributed by atoms with E-state index in [9.17, 15) is 0 Å². The second-order valence-corrected chi connectivity index (χ2v) is 9.50. The van der Waals surface area contributed by atoms with Crippen molar-refractivity contribution in [2.75, 3.05) is 4.90 Å². The van der Waals surface area contributed by atoms with E-state index in [0.29, 0.717) is 0 Å². The highest BCUT2D eigenvalue weighted by atomic mass is 15.1. The maximum absolute atomic E-state index is 4.41. The quantitative estimate of drug-likeness (QED) is 0.245. The van der Waals surface area contributed by atoms with Crippen molar-refractivity contribution < 1.29 is 0 Å². The lowest BCUT2D eigenvalue weighted by molar-refractivity contribution is 1.05. The maximum Gasteiger partial charge on any atom is 0.0704 e. The van der Waals surface area contributed by atoms with Gasteiger partial charge in [-0.2, -0.15) is 0 Å². The Hall–Kier alpha value is -4.74. The molecule has 2 aliphatic carbocycles. The van der Waals surface area contributed by atoms with Crippen LogP contribution in [0.15, 0.2) is 115 Å². The van der Waals surface area contributed by atoms with Gasteiger partial charge in [-0.3, -0.25) is 0 Å². The number of benzene rings is 3. The van der Waals surface area contributed by atoms with Crippen LogP contribution in [-0.4, -0.2) is 4.57 Å². The fraction of sp³-hybridized carbons (Fsp3) is 0.0588. The van der Waals surface area contributed by atoms with Gasteiger partial charge in [-0.05, 0) is 54.5 Å². The van der Waals surface area contributed by atoms with Crippen LogP contribution in [0.4, 0.5) is 5.69 Å². The van der Waals surface area contributed by atoms with E-state index in [-0.39, 0.29) is 0 Å². The molecule has 0 saturated carbocycles. The fourth-order valence-electron chi connectivity index (χ4n) is 5.36. The minimum Gasteiger partial charge on any atom is -0.313 e. The van der Waals surface area contributed by atoms with Gasteiger partial charge in [0.05, 0.1) is 22.6 Å². The predicted octanol–water partition coefficient (Wildman–Crippen LogP) is 8.45. The van der Waals surface area contributed by atoms with Gasteiger partial charge in [0.1, 0.15) is 0 Å². The van der Waals surface area contributed by atoms with Gasteiger partial charge >= 0.3 is 0 Å². The number of allylic oxidation sites excluding steroid dienone is 4. The van der Waals surface area contributed by atoms with Gasteiger partial charge in [0.15, 0.2) is 0 Å². The van der Waals surface area contributed by atoms with Crippen LogP contribution in [0, 0.1) is 6.92 Å². The molecule has 0 bridgehead atoms. The number of aromatic nitrogens is 1. The standard InChI is InChI=1S/C34H24N2/c1-23-10-8-12-25(18-23)26-19-28(20-26)35-17-7-6-11-24(2)30-21-31-29-15-9-16-32(29)36(34(31)22-33(30)35)27-13-4-3-5-14-27/h3-8,10-18,21-22H,2,19H2,1H3/b11-6-,17-7-. The first-order valence-electron chi connectivity index (χ1n) is 12.3. The summed E-state index contributed by atoms with van der Waals surface area (Å²) in [6.45, 7) is 6.55. The molecule has 0 spiro atoms. The van der Waals surface area contributed by atoms with Crippen molar-refractivity contribution >= 4 is 39.9 Å². The summed E-state index contributed by atoms with van der Waals surface area (Å²) in [5.41, 5.74) is 19.9. The number of hydrogen-bond acceptors (Lipinski definition) is 1. The molecule has 0 N–H and O–H groups in total. The normalized spacial score (nSPS) is 17.1. The molecule has 2 nitrogen and oxygen atoms in total. The molecule has 0 unspecified atom stereocenters. The van der Waals surface area contributed by atoms with Crippen LogP contribution in [0.5, 0.6) is 0 Å². The van der Waals surface area contributed by atoms with Gasteiger partial charge in [0, 0.05) is 46.5 Å². The van der Waals surface area contributed by atoms with Gasteiger partial charge in [0.25, 0.3) is 0 Å². The summed E-state index contributed by atoms with van der Waals surface area (Å²) in [5.74, 6) is 0. The third-order valence-electron chi connectivity index (χ3n) is 7.17. The van der Waals surface area contributed by atoms with Crippen LogP contribution < -0.4 is 4.90 Å². The monoisotopic (exact) mass is 460 g/mol. The third-order valence-corrected chi connectivity index (χ3v) is 7.17. The molecule has 1 aromatic heterocycles. The number of fused-ring (bicyclic) bond motifs is 4. The Bertz CT molecular complexity index is 1790. The fourth-order valence-corrected chi connectivity index (χ4v) is 5.36. The Morgan fingerprint density at radius 3 is 2.61 bits per heavy atom. The van der Waals surface area contributed by atoms with Crippen molar-refractivity contribution in [3.63, 3.8) is 0 Å². The molecule has 0 radical (unpaired) electrons. The first-order chi connectivity index (χ1) is 17.7. The lowest BCUT2D eigenvalue weighted by Gasteiger charge is -2.30. The van der Waals surface area contributed by atoms with E-state index >= 15 is 0 Å². The molecule has 7 rings (SSSR count). The molecule has 0 saturated heterocycles. The molecule has 0 amide bonds. The molecule has 1 aliphatic heterocycles. The number of anilines is 1. The Kier molecular flexibility index (Phi) is 4.53. The lowest BCUT2D eigenvalue weighted by atomic mass is 9.92. The van der Waals surface area contributed by atoms with Crippen LogP contribution in [0.25, 0.3) is 39.9 Å². The summed E-state index contributed by atoms with van der Waals surface area (Å²) < 4.78 is 2.34. The lowest BCUT2D eigenvalue weighted by Crippen LogP contribution is -2.20. The predicted molar refractivity (Wildman–Crippen MR) is 152 cm³/mol. The smallest absolute Gasteiger partial charge is 0.0704 e. The van der Waals surface area contributed by atoms with E-state index in [1.165, 1.54) is 38.9 Å². The summed E-state index contributed by atoms with van der Waals surface area (Å²) in [6, 6.07) is 23.8. The minimum atomic E-state index is 0.878. The molecular formula is C34H24N2. The van der Waals surface area contributed by atoms with Crippen LogP contribution in [0.3, 0.4) is 0 Å². The maximum atomic E-state index is 4.41. The number of rotatable bonds is 3. The van der Waals surface area contributed by atoms with E-state index in [1.54, 1.807) is 0 Å². The Morgan fingerprint density at radius 1 is 0.917 bits per heavy atom. The first kappa shape index (κ1) is 20.6. The largest absolute Gasteiger partial charge is 0.313 e. The molecule has 36 heavy (non-hydrogen) atoms. The van der Waals surface area contributed by atoms with Crippen LogP contribution in [0.1, 0.15) is 34.4 Å². The van der Waals surface area contributed by atoms with Crippen molar-refractivity contribution in [2.45, 2.75) is 13.3 Å². The highest BCUT2D eigenvalue weighted by Gasteiger charge is 2.25. The molecule has 2 heterocycles. The summed E-state index contributed by atoms with van der Waals surface area (Å²) >= 11 is 0. The number of aryl methyl sites for hydroxylation is 1. The molecule has 4 aromatic rings. The zero-order valence-electron chi connectivity index (χ0n) is 20.1. The zero-order chi connectivity index (χ0) is 24.2. The van der Waals surface area contributed by atoms with Crippen LogP contribution >= 0.6 is 0 Å². The van der Waals surface area contributed by atoms with Gasteiger partial charge in [-0.25, -0.2) is 0 Å². The number of hydrogen-bond donors (Lipinski definition) is 0. The van der Waals surface area contributed by atoms with E-state index in [4.69, 9.17) is 0 Å². The second kappa shape index (κ2) is 7.90. The average Bonchev–Trinajstić information content (AvgIpc) is 3.44. The molecule has 0 atom stereocenters. The number of para-hydroxylation sites is 1. The highest BCUT2D eigenvalue weighted by Crippen LogP contribution is 2.43. The number of nitrogens with zero attached hydrogens (tertiary/aromatic N) is 2. The van der Waals surface area contributed by atoms with Gasteiger partial charge in [0.2, 0.25) is 0 Å². The third kappa shape index (κ3) is 3.14. The summed E-state index contributed by atoms with van der Waals surface area (Å²) in [6.07, 6.45) is 13.4. The zero-order valence-corrected chi connectivity index (χ0v) is 20.1. The highest BCUT2D eigenvalue weighted by molar-refractivity contribution is 6.03. The van der Waals surface area contributed by atoms with E-state index in [2.05, 4.69) is 138 Å². The van der Waals surface area contributed by atoms with E-state index < -0.39 is 0 Å². The van der Waals surface area contributed by atoms with Crippen molar-refractivity contribution in [2.24, 2.45) is 0 Å². The van der Waals surface area contributed by atoms with Gasteiger partial charge in [-0.15, -0.1) is 5.73 Å². The molecular weight excluding hydrogens is 436 g/mol. The van der Waals surface area contributed by atoms with Crippen LogP contribution in [0.2, 0.25) is 0 Å². The molecule has 3 aromatic carbocycles. The van der Waals surface area contributed by atoms with Crippen molar-refractivity contribution in [1.29, 1.82) is 0 Å².